The molecule has 1 unspecified atom stereocenters. The highest BCUT2D eigenvalue weighted by Gasteiger charge is 2.23. The number of hydrogen-bond acceptors (Lipinski definition) is 4. The molecule has 1 N–H and O–H groups in total. The standard InChI is InChI=1S/C15H19ClN2O3S/c1-10-4-6-12(7-5-10)14(19)9-22(20,21)8-13-11(2)17-18(3)15(13)16/h4-7,14,19H,8-9H2,1-3H3. The third kappa shape index (κ3) is 3.88. The molecule has 1 aromatic carbocycles. The lowest BCUT2D eigenvalue weighted by molar-refractivity contribution is 0.201. The maximum absolute atomic E-state index is 12.3. The van der Waals surface area contributed by atoms with Crippen molar-refractivity contribution in [2.45, 2.75) is 25.7 Å². The first-order valence-electron chi connectivity index (χ1n) is 6.82. The predicted octanol–water partition coefficient (Wildman–Crippen LogP) is 2.34. The van der Waals surface area contributed by atoms with Gasteiger partial charge in [0.05, 0.1) is 23.3 Å². The number of aromatic nitrogens is 2. The van der Waals surface area contributed by atoms with Crippen LogP contribution in [0.1, 0.15) is 28.5 Å². The Kier molecular flexibility index (Phi) is 4.94. The quantitative estimate of drug-likeness (QED) is 0.905. The lowest BCUT2D eigenvalue weighted by Crippen LogP contribution is -2.16. The van der Waals surface area contributed by atoms with E-state index in [0.717, 1.165) is 5.56 Å². The summed E-state index contributed by atoms with van der Waals surface area (Å²) in [7, 11) is -1.85. The highest BCUT2D eigenvalue weighted by molar-refractivity contribution is 7.90. The van der Waals surface area contributed by atoms with E-state index in [1.807, 2.05) is 19.1 Å². The molecule has 0 amide bonds. The largest absolute Gasteiger partial charge is 0.387 e. The second-order valence-corrected chi connectivity index (χ2v) is 7.93. The number of aliphatic hydroxyl groups excluding tert-OH is 1. The minimum absolute atomic E-state index is 0.228. The molecule has 0 fully saturated rings. The lowest BCUT2D eigenvalue weighted by Gasteiger charge is -2.12. The van der Waals surface area contributed by atoms with E-state index in [4.69, 9.17) is 11.6 Å². The lowest BCUT2D eigenvalue weighted by atomic mass is 10.1. The van der Waals surface area contributed by atoms with Crippen LogP contribution in [0.4, 0.5) is 0 Å². The van der Waals surface area contributed by atoms with Crippen LogP contribution in [0, 0.1) is 13.8 Å². The number of rotatable bonds is 5. The van der Waals surface area contributed by atoms with Crippen LogP contribution < -0.4 is 0 Å². The average Bonchev–Trinajstić information content (AvgIpc) is 2.65. The van der Waals surface area contributed by atoms with Crippen molar-refractivity contribution in [1.29, 1.82) is 0 Å². The smallest absolute Gasteiger partial charge is 0.157 e. The van der Waals surface area contributed by atoms with Crippen molar-refractivity contribution < 1.29 is 13.5 Å². The molecule has 7 heteroatoms. The van der Waals surface area contributed by atoms with Crippen molar-refractivity contribution >= 4 is 21.4 Å². The minimum atomic E-state index is -3.51. The molecule has 0 aliphatic carbocycles. The van der Waals surface area contributed by atoms with Crippen LogP contribution >= 0.6 is 11.6 Å². The number of aliphatic hydroxyl groups is 1. The summed E-state index contributed by atoms with van der Waals surface area (Å²) < 4.78 is 26.1. The van der Waals surface area contributed by atoms with Gasteiger partial charge >= 0.3 is 0 Å². The molecule has 1 aromatic heterocycles. The Balaban J connectivity index is 2.15. The van der Waals surface area contributed by atoms with E-state index in [1.54, 1.807) is 26.1 Å². The van der Waals surface area contributed by atoms with Crippen LogP contribution in [0.5, 0.6) is 0 Å². The third-order valence-electron chi connectivity index (χ3n) is 3.51. The SMILES string of the molecule is Cc1ccc(C(O)CS(=O)(=O)Cc2c(C)nn(C)c2Cl)cc1. The maximum Gasteiger partial charge on any atom is 0.157 e. The van der Waals surface area contributed by atoms with Gasteiger partial charge in [-0.05, 0) is 19.4 Å². The van der Waals surface area contributed by atoms with Gasteiger partial charge in [0.25, 0.3) is 0 Å². The number of nitrogens with zero attached hydrogens (tertiary/aromatic N) is 2. The van der Waals surface area contributed by atoms with E-state index >= 15 is 0 Å². The molecule has 0 spiro atoms. The fraction of sp³-hybridized carbons (Fsp3) is 0.400. The first-order valence-corrected chi connectivity index (χ1v) is 9.02. The van der Waals surface area contributed by atoms with Crippen LogP contribution in [-0.4, -0.2) is 29.1 Å². The van der Waals surface area contributed by atoms with E-state index < -0.39 is 15.9 Å². The highest BCUT2D eigenvalue weighted by atomic mass is 35.5. The molecule has 22 heavy (non-hydrogen) atoms. The van der Waals surface area contributed by atoms with Gasteiger partial charge in [0.1, 0.15) is 5.15 Å². The third-order valence-corrected chi connectivity index (χ3v) is 5.53. The molecule has 0 radical (unpaired) electrons. The first kappa shape index (κ1) is 17.0. The van der Waals surface area contributed by atoms with Crippen molar-refractivity contribution in [2.75, 3.05) is 5.75 Å². The van der Waals surface area contributed by atoms with Gasteiger partial charge in [-0.2, -0.15) is 5.10 Å². The summed E-state index contributed by atoms with van der Waals surface area (Å²) in [4.78, 5) is 0. The predicted molar refractivity (Wildman–Crippen MR) is 86.6 cm³/mol. The minimum Gasteiger partial charge on any atom is -0.387 e. The van der Waals surface area contributed by atoms with Gasteiger partial charge in [-0.15, -0.1) is 0 Å². The zero-order valence-electron chi connectivity index (χ0n) is 12.7. The monoisotopic (exact) mass is 342 g/mol. The van der Waals surface area contributed by atoms with Crippen molar-refractivity contribution in [3.8, 4) is 0 Å². The number of benzene rings is 1. The van der Waals surface area contributed by atoms with Gasteiger partial charge in [-0.1, -0.05) is 41.4 Å². The summed E-state index contributed by atoms with van der Waals surface area (Å²) in [5.74, 6) is -0.574. The molecule has 120 valence electrons. The number of hydrogen-bond donors (Lipinski definition) is 1. The molecule has 0 aliphatic heterocycles. The first-order chi connectivity index (χ1) is 10.2. The Bertz CT molecular complexity index is 767. The van der Waals surface area contributed by atoms with Crippen molar-refractivity contribution in [3.05, 3.63) is 51.8 Å². The molecular weight excluding hydrogens is 324 g/mol. The Morgan fingerprint density at radius 1 is 1.27 bits per heavy atom. The molecule has 5 nitrogen and oxygen atoms in total. The van der Waals surface area contributed by atoms with Crippen molar-refractivity contribution in [2.24, 2.45) is 7.05 Å². The number of sulfone groups is 1. The number of aryl methyl sites for hydroxylation is 3. The summed E-state index contributed by atoms with van der Waals surface area (Å²) in [6, 6.07) is 7.15. The Morgan fingerprint density at radius 3 is 2.36 bits per heavy atom. The van der Waals surface area contributed by atoms with Crippen LogP contribution in [0.2, 0.25) is 5.15 Å². The van der Waals surface area contributed by atoms with Crippen LogP contribution in [0.15, 0.2) is 24.3 Å². The number of halogens is 1. The van der Waals surface area contributed by atoms with E-state index in [-0.39, 0.29) is 11.5 Å². The maximum atomic E-state index is 12.3. The van der Waals surface area contributed by atoms with Crippen molar-refractivity contribution in [1.82, 2.24) is 9.78 Å². The molecular formula is C15H19ClN2O3S. The molecule has 0 bridgehead atoms. The van der Waals surface area contributed by atoms with Gasteiger partial charge in [0.2, 0.25) is 0 Å². The summed E-state index contributed by atoms with van der Waals surface area (Å²) in [6.07, 6.45) is -1.05. The molecule has 0 aliphatic rings. The fourth-order valence-corrected chi connectivity index (χ4v) is 4.14. The highest BCUT2D eigenvalue weighted by Crippen LogP contribution is 2.23. The summed E-state index contributed by atoms with van der Waals surface area (Å²) >= 11 is 6.06. The van der Waals surface area contributed by atoms with Crippen LogP contribution in [0.25, 0.3) is 0 Å². The normalized spacial score (nSPS) is 13.3. The Labute approximate surface area is 135 Å². The molecule has 1 heterocycles. The zero-order chi connectivity index (χ0) is 16.5. The summed E-state index contributed by atoms with van der Waals surface area (Å²) in [6.45, 7) is 3.65. The van der Waals surface area contributed by atoms with E-state index in [9.17, 15) is 13.5 Å². The van der Waals surface area contributed by atoms with Gasteiger partial charge in [0, 0.05) is 12.6 Å². The van der Waals surface area contributed by atoms with E-state index in [1.165, 1.54) is 4.68 Å². The zero-order valence-corrected chi connectivity index (χ0v) is 14.3. The second-order valence-electron chi connectivity index (χ2n) is 5.46. The van der Waals surface area contributed by atoms with Gasteiger partial charge in [0.15, 0.2) is 9.84 Å². The fourth-order valence-electron chi connectivity index (χ4n) is 2.24. The van der Waals surface area contributed by atoms with Gasteiger partial charge < -0.3 is 5.11 Å². The van der Waals surface area contributed by atoms with E-state index in [0.29, 0.717) is 22.0 Å². The second kappa shape index (κ2) is 6.40. The van der Waals surface area contributed by atoms with Crippen LogP contribution in [0.3, 0.4) is 0 Å². The molecule has 0 saturated carbocycles. The van der Waals surface area contributed by atoms with E-state index in [2.05, 4.69) is 5.10 Å². The average molecular weight is 343 g/mol. The Hall–Kier alpha value is -1.37. The van der Waals surface area contributed by atoms with Gasteiger partial charge in [-0.25, -0.2) is 8.42 Å². The van der Waals surface area contributed by atoms with Crippen LogP contribution in [-0.2, 0) is 22.6 Å². The van der Waals surface area contributed by atoms with Crippen molar-refractivity contribution in [3.63, 3.8) is 0 Å². The Morgan fingerprint density at radius 2 is 1.86 bits per heavy atom. The molecule has 1 atom stereocenters. The van der Waals surface area contributed by atoms with Gasteiger partial charge in [-0.3, -0.25) is 4.68 Å². The molecule has 0 saturated heterocycles. The molecule has 2 aromatic rings. The summed E-state index contributed by atoms with van der Waals surface area (Å²) in [5.41, 5.74) is 2.71. The summed E-state index contributed by atoms with van der Waals surface area (Å²) in [5, 5.41) is 14.5. The molecule has 2 rings (SSSR count). The topological polar surface area (TPSA) is 72.2 Å².